The molecular formula is C33H39ClN4O6S. The smallest absolute Gasteiger partial charge is 0.271 e. The molecule has 0 bridgehead atoms. The summed E-state index contributed by atoms with van der Waals surface area (Å²) in [6.45, 7) is 5.01. The number of sulfonamides is 1. The molecule has 2 aliphatic rings. The van der Waals surface area contributed by atoms with Gasteiger partial charge in [-0.15, -0.1) is 0 Å². The van der Waals surface area contributed by atoms with E-state index >= 15 is 4.79 Å². The second-order valence-electron chi connectivity index (χ2n) is 11.8. The number of anilines is 1. The van der Waals surface area contributed by atoms with Crippen LogP contribution in [0.3, 0.4) is 0 Å². The Morgan fingerprint density at radius 2 is 1.76 bits per heavy atom. The minimum atomic E-state index is -4.44. The van der Waals surface area contributed by atoms with Crippen LogP contribution < -0.4 is 19.1 Å². The lowest BCUT2D eigenvalue weighted by molar-refractivity contribution is -0.138. The van der Waals surface area contributed by atoms with Gasteiger partial charge in [0, 0.05) is 49.4 Å². The summed E-state index contributed by atoms with van der Waals surface area (Å²) in [5.41, 5.74) is 0.124. The topological polar surface area (TPSA) is 108 Å². The summed E-state index contributed by atoms with van der Waals surface area (Å²) < 4.78 is 40.8. The zero-order chi connectivity index (χ0) is 32.7. The molecule has 3 aromatic carbocycles. The fraction of sp³-hybridized carbons (Fsp3) is 0.394. The molecule has 0 aromatic heterocycles. The molecule has 0 saturated carbocycles. The van der Waals surface area contributed by atoms with Crippen molar-refractivity contribution in [3.05, 3.63) is 82.4 Å². The van der Waals surface area contributed by atoms with Crippen molar-refractivity contribution in [2.75, 3.05) is 39.2 Å². The molecule has 1 N–H and O–H groups in total. The highest BCUT2D eigenvalue weighted by atomic mass is 35.5. The lowest BCUT2D eigenvalue weighted by Gasteiger charge is -2.42. The number of carbonyl (C=O) groups excluding carboxylic acids is 2. The van der Waals surface area contributed by atoms with Gasteiger partial charge in [-0.3, -0.25) is 14.5 Å². The van der Waals surface area contributed by atoms with Crippen LogP contribution in [0.5, 0.6) is 11.5 Å². The number of nitrogens with one attached hydrogen (secondary N) is 1. The van der Waals surface area contributed by atoms with E-state index in [1.54, 1.807) is 38.4 Å². The van der Waals surface area contributed by atoms with Crippen LogP contribution in [0.15, 0.2) is 65.6 Å². The predicted molar refractivity (Wildman–Crippen MR) is 173 cm³/mol. The highest BCUT2D eigenvalue weighted by Gasteiger charge is 2.63. The van der Waals surface area contributed by atoms with Crippen molar-refractivity contribution in [2.24, 2.45) is 0 Å². The summed E-state index contributed by atoms with van der Waals surface area (Å²) in [6.07, 6.45) is 1.12. The standard InChI is InChI=1S/C33H39ClN4O6S/c1-21(2)35-20-22-9-15-26(30(18-22)44-6)33(37-17-7-8-29(37)31(39)36(3)4)27-19-23(34)10-16-28(27)38(32(33)40)45(41,42)25-13-11-24(43-5)12-14-25/h9-16,18-19,21,29,35H,7-8,17,20H2,1-6H3/t29-,33?/m0/s1. The maximum absolute atomic E-state index is 15.3. The summed E-state index contributed by atoms with van der Waals surface area (Å²) in [5.74, 6) is -0.0528. The molecule has 0 aliphatic carbocycles. The zero-order valence-electron chi connectivity index (χ0n) is 26.3. The number of ether oxygens (including phenoxy) is 2. The number of benzene rings is 3. The molecule has 2 aliphatic heterocycles. The number of likely N-dealkylation sites (N-methyl/N-ethyl adjacent to an activating group) is 1. The summed E-state index contributed by atoms with van der Waals surface area (Å²) in [4.78, 5) is 32.2. The molecular weight excluding hydrogens is 616 g/mol. The molecule has 0 radical (unpaired) electrons. The molecule has 2 amide bonds. The third kappa shape index (κ3) is 5.56. The van der Waals surface area contributed by atoms with Crippen molar-refractivity contribution in [3.63, 3.8) is 0 Å². The Morgan fingerprint density at radius 3 is 2.38 bits per heavy atom. The Bertz CT molecular complexity index is 1710. The average molecular weight is 655 g/mol. The first-order valence-electron chi connectivity index (χ1n) is 14.8. The van der Waals surface area contributed by atoms with Crippen molar-refractivity contribution in [1.82, 2.24) is 15.1 Å². The van der Waals surface area contributed by atoms with Crippen LogP contribution in [0.2, 0.25) is 5.02 Å². The van der Waals surface area contributed by atoms with E-state index in [-0.39, 0.29) is 22.5 Å². The van der Waals surface area contributed by atoms with Crippen LogP contribution >= 0.6 is 11.6 Å². The van der Waals surface area contributed by atoms with Crippen molar-refractivity contribution in [3.8, 4) is 11.5 Å². The summed E-state index contributed by atoms with van der Waals surface area (Å²) in [5, 5.41) is 3.71. The molecule has 5 rings (SSSR count). The van der Waals surface area contributed by atoms with Crippen molar-refractivity contribution >= 4 is 39.1 Å². The number of rotatable bonds is 10. The van der Waals surface area contributed by atoms with Gasteiger partial charge in [0.1, 0.15) is 11.5 Å². The van der Waals surface area contributed by atoms with E-state index in [0.29, 0.717) is 53.6 Å². The predicted octanol–water partition coefficient (Wildman–Crippen LogP) is 4.39. The third-order valence-electron chi connectivity index (χ3n) is 8.44. The van der Waals surface area contributed by atoms with Crippen LogP contribution in [-0.4, -0.2) is 77.0 Å². The Hall–Kier alpha value is -3.64. The molecule has 12 heteroatoms. The molecule has 10 nitrogen and oxygen atoms in total. The highest BCUT2D eigenvalue weighted by molar-refractivity contribution is 7.93. The van der Waals surface area contributed by atoms with Gasteiger partial charge < -0.3 is 19.7 Å². The molecule has 1 fully saturated rings. The molecule has 3 aromatic rings. The van der Waals surface area contributed by atoms with E-state index in [9.17, 15) is 13.2 Å². The number of fused-ring (bicyclic) bond motifs is 1. The van der Waals surface area contributed by atoms with Gasteiger partial charge in [0.05, 0.1) is 30.8 Å². The average Bonchev–Trinajstić information content (AvgIpc) is 3.60. The molecule has 0 spiro atoms. The maximum Gasteiger partial charge on any atom is 0.271 e. The molecule has 1 saturated heterocycles. The number of methoxy groups -OCH3 is 2. The van der Waals surface area contributed by atoms with Crippen molar-refractivity contribution < 1.29 is 27.5 Å². The highest BCUT2D eigenvalue weighted by Crippen LogP contribution is 2.55. The molecule has 1 unspecified atom stereocenters. The fourth-order valence-corrected chi connectivity index (χ4v) is 7.95. The maximum atomic E-state index is 15.3. The van der Waals surface area contributed by atoms with E-state index < -0.39 is 27.5 Å². The minimum Gasteiger partial charge on any atom is -0.497 e. The van der Waals surface area contributed by atoms with Crippen LogP contribution in [-0.2, 0) is 31.7 Å². The van der Waals surface area contributed by atoms with Gasteiger partial charge in [-0.2, -0.15) is 0 Å². The van der Waals surface area contributed by atoms with Crippen LogP contribution in [0.1, 0.15) is 43.4 Å². The van der Waals surface area contributed by atoms with Crippen LogP contribution in [0.25, 0.3) is 0 Å². The summed E-state index contributed by atoms with van der Waals surface area (Å²) in [6, 6.07) is 15.7. The second-order valence-corrected chi connectivity index (χ2v) is 14.0. The van der Waals surface area contributed by atoms with E-state index in [4.69, 9.17) is 21.1 Å². The second kappa shape index (κ2) is 12.6. The number of carbonyl (C=O) groups is 2. The van der Waals surface area contributed by atoms with Crippen LogP contribution in [0, 0.1) is 0 Å². The number of amides is 2. The number of hydrogen-bond acceptors (Lipinski definition) is 8. The van der Waals surface area contributed by atoms with E-state index in [1.165, 1.54) is 43.4 Å². The largest absolute Gasteiger partial charge is 0.497 e. The number of halogens is 1. The summed E-state index contributed by atoms with van der Waals surface area (Å²) >= 11 is 6.60. The van der Waals surface area contributed by atoms with Gasteiger partial charge in [-0.1, -0.05) is 37.6 Å². The van der Waals surface area contributed by atoms with Gasteiger partial charge in [-0.25, -0.2) is 12.7 Å². The zero-order valence-corrected chi connectivity index (χ0v) is 27.9. The Labute approximate surface area is 269 Å². The van der Waals surface area contributed by atoms with E-state index in [2.05, 4.69) is 5.32 Å². The molecule has 45 heavy (non-hydrogen) atoms. The lowest BCUT2D eigenvalue weighted by atomic mass is 9.80. The SMILES string of the molecule is COc1ccc(S(=O)(=O)N2C(=O)C(c3ccc(CNC(C)C)cc3OC)(N3CCC[C@H]3C(=O)N(C)C)c3cc(Cl)ccc32)cc1. The fourth-order valence-electron chi connectivity index (χ4n) is 6.32. The normalized spacial score (nSPS) is 20.0. The minimum absolute atomic E-state index is 0.0854. The van der Waals surface area contributed by atoms with Gasteiger partial charge in [0.15, 0.2) is 5.54 Å². The quantitative estimate of drug-likeness (QED) is 0.343. The monoisotopic (exact) mass is 654 g/mol. The van der Waals surface area contributed by atoms with Gasteiger partial charge in [-0.05, 0) is 66.9 Å². The Kier molecular flexibility index (Phi) is 9.19. The van der Waals surface area contributed by atoms with E-state index in [0.717, 1.165) is 9.87 Å². The first-order chi connectivity index (χ1) is 21.4. The van der Waals surface area contributed by atoms with Crippen molar-refractivity contribution in [2.45, 2.75) is 55.8 Å². The van der Waals surface area contributed by atoms with Gasteiger partial charge >= 0.3 is 0 Å². The Balaban J connectivity index is 1.81. The first-order valence-corrected chi connectivity index (χ1v) is 16.6. The Morgan fingerprint density at radius 1 is 1.04 bits per heavy atom. The van der Waals surface area contributed by atoms with Gasteiger partial charge in [0.25, 0.3) is 15.9 Å². The molecule has 240 valence electrons. The van der Waals surface area contributed by atoms with E-state index in [1.807, 2.05) is 30.9 Å². The van der Waals surface area contributed by atoms with Crippen LogP contribution in [0.4, 0.5) is 5.69 Å². The molecule has 2 atom stereocenters. The summed E-state index contributed by atoms with van der Waals surface area (Å²) in [7, 11) is 1.91. The number of likely N-dealkylation sites (tertiary alicyclic amines) is 1. The lowest BCUT2D eigenvalue weighted by Crippen LogP contribution is -2.59. The number of hydrogen-bond donors (Lipinski definition) is 1. The van der Waals surface area contributed by atoms with Gasteiger partial charge in [0.2, 0.25) is 5.91 Å². The first kappa shape index (κ1) is 32.7. The third-order valence-corrected chi connectivity index (χ3v) is 10.4. The van der Waals surface area contributed by atoms with Crippen molar-refractivity contribution in [1.29, 1.82) is 0 Å². The number of nitrogens with zero attached hydrogens (tertiary/aromatic N) is 3. The molecule has 2 heterocycles.